The van der Waals surface area contributed by atoms with Crippen molar-refractivity contribution < 1.29 is 51.9 Å². The average Bonchev–Trinajstić information content (AvgIpc) is 2.74. The van der Waals surface area contributed by atoms with Crippen molar-refractivity contribution in [2.45, 2.75) is 19.6 Å². The zero-order chi connectivity index (χ0) is 26.8. The van der Waals surface area contributed by atoms with Crippen molar-refractivity contribution in [3.63, 3.8) is 0 Å². The molecule has 0 unspecified atom stereocenters. The number of hydrogen-bond donors (Lipinski definition) is 4. The van der Waals surface area contributed by atoms with E-state index in [1.54, 1.807) is 18.2 Å². The lowest BCUT2D eigenvalue weighted by Gasteiger charge is -2.20. The molecule has 12 nitrogen and oxygen atoms in total. The molecule has 0 aliphatic heterocycles. The molecule has 0 bridgehead atoms. The lowest BCUT2D eigenvalue weighted by atomic mass is 9.93. The van der Waals surface area contributed by atoms with Crippen molar-refractivity contribution in [1.82, 2.24) is 0 Å². The van der Waals surface area contributed by atoms with E-state index in [1.165, 1.54) is 24.3 Å². The molecule has 0 radical (unpaired) electrons. The van der Waals surface area contributed by atoms with E-state index >= 15 is 0 Å². The summed E-state index contributed by atoms with van der Waals surface area (Å²) in [5.41, 5.74) is -0.833. The third-order valence-corrected chi connectivity index (χ3v) is 9.20. The zero-order valence-corrected chi connectivity index (χ0v) is 20.7. The second-order valence-electron chi connectivity index (χ2n) is 7.47. The molecular weight excluding hydrogens is 560 g/mol. The Hall–Kier alpha value is -2.96. The first-order chi connectivity index (χ1) is 16.4. The summed E-state index contributed by atoms with van der Waals surface area (Å²) in [6.45, 7) is 0. The highest BCUT2D eigenvalue weighted by atomic mass is 32.2. The van der Waals surface area contributed by atoms with Crippen LogP contribution in [0.3, 0.4) is 0 Å². The van der Waals surface area contributed by atoms with E-state index < -0.39 is 76.4 Å². The van der Waals surface area contributed by atoms with Gasteiger partial charge in [-0.2, -0.15) is 33.7 Å². The molecule has 0 heterocycles. The van der Waals surface area contributed by atoms with Crippen LogP contribution in [0.2, 0.25) is 0 Å². The standard InChI is InChI=1S/C20H14O12S4/c21-33(22,23)15-10-4-9-14-16(13-8-3-6-11-5-1-2-7-12(11)13)18(34(24,25)26)20(36(30,31)32)19(17(14)15)35(27,28)29/h1-10H,(H,21,22,23)(H,24,25,26)(H,27,28,29)(H,30,31,32). The van der Waals surface area contributed by atoms with Crippen LogP contribution in [0.1, 0.15) is 0 Å². The number of rotatable bonds is 5. The molecule has 4 rings (SSSR count). The minimum atomic E-state index is -5.92. The highest BCUT2D eigenvalue weighted by molar-refractivity contribution is 7.91. The Bertz CT molecular complexity index is 2020. The molecule has 36 heavy (non-hydrogen) atoms. The molecular formula is C20H14O12S4. The first-order valence-corrected chi connectivity index (χ1v) is 15.2. The van der Waals surface area contributed by atoms with E-state index in [2.05, 4.69) is 0 Å². The van der Waals surface area contributed by atoms with E-state index in [-0.39, 0.29) is 10.9 Å². The van der Waals surface area contributed by atoms with Gasteiger partial charge in [0.05, 0.1) is 0 Å². The van der Waals surface area contributed by atoms with Crippen molar-refractivity contribution >= 4 is 62.0 Å². The van der Waals surface area contributed by atoms with Crippen LogP contribution in [0.4, 0.5) is 0 Å². The van der Waals surface area contributed by atoms with Crippen LogP contribution in [0.5, 0.6) is 0 Å². The molecule has 0 fully saturated rings. The van der Waals surface area contributed by atoms with Crippen LogP contribution in [0.25, 0.3) is 32.7 Å². The molecule has 190 valence electrons. The summed E-state index contributed by atoms with van der Waals surface area (Å²) in [7, 11) is -22.8. The molecule has 0 aliphatic rings. The van der Waals surface area contributed by atoms with Crippen molar-refractivity contribution in [3.8, 4) is 11.1 Å². The normalized spacial score (nSPS) is 13.3. The Balaban J connectivity index is 2.58. The maximum Gasteiger partial charge on any atom is 0.297 e. The second-order valence-corrected chi connectivity index (χ2v) is 12.9. The van der Waals surface area contributed by atoms with Gasteiger partial charge in [0, 0.05) is 10.9 Å². The Morgan fingerprint density at radius 3 is 1.53 bits per heavy atom. The van der Waals surface area contributed by atoms with Gasteiger partial charge in [-0.1, -0.05) is 54.6 Å². The molecule has 0 saturated heterocycles. The van der Waals surface area contributed by atoms with E-state index in [4.69, 9.17) is 0 Å². The lowest BCUT2D eigenvalue weighted by Crippen LogP contribution is -2.18. The minimum absolute atomic E-state index is 0.120. The highest BCUT2D eigenvalue weighted by Crippen LogP contribution is 2.47. The molecule has 4 aromatic carbocycles. The fraction of sp³-hybridized carbons (Fsp3) is 0. The lowest BCUT2D eigenvalue weighted by molar-refractivity contribution is 0.457. The maximum absolute atomic E-state index is 12.6. The average molecular weight is 575 g/mol. The van der Waals surface area contributed by atoms with E-state index in [0.29, 0.717) is 11.5 Å². The van der Waals surface area contributed by atoms with Crippen LogP contribution in [0.15, 0.2) is 80.2 Å². The summed E-state index contributed by atoms with van der Waals surface area (Å²) in [5.74, 6) is 0. The molecule has 4 aromatic rings. The van der Waals surface area contributed by atoms with Gasteiger partial charge in [0.1, 0.15) is 19.6 Å². The Labute approximate surface area is 204 Å². The molecule has 0 amide bonds. The summed E-state index contributed by atoms with van der Waals surface area (Å²) < 4.78 is 139. The number of fused-ring (bicyclic) bond motifs is 2. The smallest absolute Gasteiger partial charge is 0.282 e. The predicted molar refractivity (Wildman–Crippen MR) is 126 cm³/mol. The molecule has 0 aliphatic carbocycles. The van der Waals surface area contributed by atoms with Gasteiger partial charge in [0.2, 0.25) is 0 Å². The first-order valence-electron chi connectivity index (χ1n) is 9.45. The zero-order valence-electron chi connectivity index (χ0n) is 17.5. The highest BCUT2D eigenvalue weighted by Gasteiger charge is 2.40. The van der Waals surface area contributed by atoms with Gasteiger partial charge in [-0.05, 0) is 27.8 Å². The topological polar surface area (TPSA) is 217 Å². The fourth-order valence-electron chi connectivity index (χ4n) is 4.08. The molecule has 0 atom stereocenters. The van der Waals surface area contributed by atoms with Crippen LogP contribution in [-0.4, -0.2) is 51.9 Å². The fourth-order valence-corrected chi connectivity index (χ4v) is 8.49. The Morgan fingerprint density at radius 2 is 0.972 bits per heavy atom. The van der Waals surface area contributed by atoms with Gasteiger partial charge in [-0.25, -0.2) is 0 Å². The third kappa shape index (κ3) is 4.37. The largest absolute Gasteiger partial charge is 0.297 e. The van der Waals surface area contributed by atoms with Gasteiger partial charge < -0.3 is 0 Å². The second kappa shape index (κ2) is 8.29. The van der Waals surface area contributed by atoms with Crippen LogP contribution in [0, 0.1) is 0 Å². The molecule has 0 saturated carbocycles. The van der Waals surface area contributed by atoms with E-state index in [9.17, 15) is 51.9 Å². The van der Waals surface area contributed by atoms with Crippen LogP contribution >= 0.6 is 0 Å². The first kappa shape index (κ1) is 26.1. The molecule has 0 aromatic heterocycles. The van der Waals surface area contributed by atoms with Crippen LogP contribution in [-0.2, 0) is 40.5 Å². The Kier molecular flexibility index (Phi) is 6.01. The van der Waals surface area contributed by atoms with Crippen molar-refractivity contribution in [1.29, 1.82) is 0 Å². The summed E-state index contributed by atoms with van der Waals surface area (Å²) in [5, 5.41) is -1.01. The van der Waals surface area contributed by atoms with Gasteiger partial charge in [0.25, 0.3) is 40.5 Å². The summed E-state index contributed by atoms with van der Waals surface area (Å²) in [4.78, 5) is -6.72. The summed E-state index contributed by atoms with van der Waals surface area (Å²) in [6.07, 6.45) is 0. The van der Waals surface area contributed by atoms with Gasteiger partial charge in [-0.3, -0.25) is 18.2 Å². The van der Waals surface area contributed by atoms with Crippen molar-refractivity contribution in [2.24, 2.45) is 0 Å². The summed E-state index contributed by atoms with van der Waals surface area (Å²) >= 11 is 0. The summed E-state index contributed by atoms with van der Waals surface area (Å²) in [6, 6.07) is 13.1. The van der Waals surface area contributed by atoms with Crippen molar-refractivity contribution in [2.75, 3.05) is 0 Å². The van der Waals surface area contributed by atoms with Gasteiger partial charge in [0.15, 0.2) is 0 Å². The predicted octanol–water partition coefficient (Wildman–Crippen LogP) is 2.65. The SMILES string of the molecule is O=S(=O)(O)c1c(S(=O)(=O)O)c(S(=O)(=O)O)c2c(S(=O)(=O)O)cccc2c1-c1cccc2ccccc12. The van der Waals surface area contributed by atoms with Gasteiger partial charge in [-0.15, -0.1) is 0 Å². The molecule has 16 heteroatoms. The monoisotopic (exact) mass is 574 g/mol. The van der Waals surface area contributed by atoms with Crippen molar-refractivity contribution in [3.05, 3.63) is 60.7 Å². The number of benzene rings is 4. The maximum atomic E-state index is 12.6. The molecule has 4 N–H and O–H groups in total. The number of hydrogen-bond acceptors (Lipinski definition) is 8. The Morgan fingerprint density at radius 1 is 0.472 bits per heavy atom. The van der Waals surface area contributed by atoms with Crippen LogP contribution < -0.4 is 0 Å². The van der Waals surface area contributed by atoms with E-state index in [0.717, 1.165) is 12.1 Å². The molecule has 0 spiro atoms. The minimum Gasteiger partial charge on any atom is -0.282 e. The van der Waals surface area contributed by atoms with E-state index in [1.807, 2.05) is 0 Å². The van der Waals surface area contributed by atoms with Gasteiger partial charge >= 0.3 is 0 Å². The quantitative estimate of drug-likeness (QED) is 0.253. The third-order valence-electron chi connectivity index (χ3n) is 5.27.